The van der Waals surface area contributed by atoms with Crippen molar-refractivity contribution in [2.24, 2.45) is 0 Å². The smallest absolute Gasteiger partial charge is 0.150 e. The molecule has 116 valence electrons. The van der Waals surface area contributed by atoms with E-state index in [9.17, 15) is 0 Å². The summed E-state index contributed by atoms with van der Waals surface area (Å²) in [6.07, 6.45) is 3.48. The first kappa shape index (κ1) is 15.8. The summed E-state index contributed by atoms with van der Waals surface area (Å²) >= 11 is 0. The van der Waals surface area contributed by atoms with Crippen LogP contribution in [0.5, 0.6) is 0 Å². The fraction of sp³-hybridized carbons (Fsp3) is 0.625. The standard InChI is InChI=1S/C16H26N4O/c1-6-14-18-15(7-2)20(19-14)11-13-12(8-9-21-13)10-17-16(3,4)5/h8-9,17H,6-7,10-11H2,1-5H3. The van der Waals surface area contributed by atoms with Crippen LogP contribution in [0.2, 0.25) is 0 Å². The van der Waals surface area contributed by atoms with Gasteiger partial charge < -0.3 is 9.73 Å². The predicted octanol–water partition coefficient (Wildman–Crippen LogP) is 2.93. The van der Waals surface area contributed by atoms with Crippen molar-refractivity contribution in [3.63, 3.8) is 0 Å². The van der Waals surface area contributed by atoms with E-state index in [1.54, 1.807) is 6.26 Å². The highest BCUT2D eigenvalue weighted by molar-refractivity contribution is 5.17. The van der Waals surface area contributed by atoms with Gasteiger partial charge in [-0.25, -0.2) is 9.67 Å². The van der Waals surface area contributed by atoms with Crippen LogP contribution in [0.1, 0.15) is 57.6 Å². The van der Waals surface area contributed by atoms with Crippen molar-refractivity contribution in [2.75, 3.05) is 0 Å². The van der Waals surface area contributed by atoms with E-state index in [1.165, 1.54) is 5.56 Å². The normalized spacial score (nSPS) is 12.0. The maximum absolute atomic E-state index is 5.65. The average molecular weight is 290 g/mol. The van der Waals surface area contributed by atoms with Crippen molar-refractivity contribution < 1.29 is 4.42 Å². The van der Waals surface area contributed by atoms with Gasteiger partial charge in [-0.05, 0) is 26.8 Å². The largest absolute Gasteiger partial charge is 0.467 e. The average Bonchev–Trinajstić information content (AvgIpc) is 3.02. The molecule has 0 aliphatic rings. The minimum absolute atomic E-state index is 0.0890. The highest BCUT2D eigenvalue weighted by Crippen LogP contribution is 2.15. The molecule has 2 heterocycles. The molecule has 0 unspecified atom stereocenters. The van der Waals surface area contributed by atoms with E-state index in [0.717, 1.165) is 36.8 Å². The minimum atomic E-state index is 0.0890. The molecule has 0 radical (unpaired) electrons. The molecule has 0 saturated carbocycles. The van der Waals surface area contributed by atoms with Gasteiger partial charge in [0.15, 0.2) is 5.82 Å². The van der Waals surface area contributed by atoms with Crippen molar-refractivity contribution in [1.82, 2.24) is 20.1 Å². The molecule has 0 aliphatic carbocycles. The molecular formula is C16H26N4O. The number of furan rings is 1. The van der Waals surface area contributed by atoms with Crippen molar-refractivity contribution in [3.8, 4) is 0 Å². The van der Waals surface area contributed by atoms with Crippen molar-refractivity contribution in [1.29, 1.82) is 0 Å². The molecule has 5 nitrogen and oxygen atoms in total. The first-order valence-electron chi connectivity index (χ1n) is 7.65. The zero-order valence-corrected chi connectivity index (χ0v) is 13.7. The third kappa shape index (κ3) is 4.17. The van der Waals surface area contributed by atoms with Gasteiger partial charge in [0, 0.05) is 30.5 Å². The van der Waals surface area contributed by atoms with E-state index < -0.39 is 0 Å². The summed E-state index contributed by atoms with van der Waals surface area (Å²) in [5.74, 6) is 2.86. The molecule has 0 aromatic carbocycles. The first-order valence-corrected chi connectivity index (χ1v) is 7.65. The Morgan fingerprint density at radius 3 is 2.62 bits per heavy atom. The Morgan fingerprint density at radius 1 is 1.24 bits per heavy atom. The molecule has 0 spiro atoms. The molecule has 0 fully saturated rings. The van der Waals surface area contributed by atoms with Gasteiger partial charge in [0.25, 0.3) is 0 Å². The Labute approximate surface area is 126 Å². The number of nitrogens with one attached hydrogen (secondary N) is 1. The topological polar surface area (TPSA) is 55.9 Å². The van der Waals surface area contributed by atoms with Gasteiger partial charge in [-0.3, -0.25) is 0 Å². The van der Waals surface area contributed by atoms with E-state index in [0.29, 0.717) is 6.54 Å². The molecule has 2 rings (SSSR count). The first-order chi connectivity index (χ1) is 9.93. The van der Waals surface area contributed by atoms with E-state index >= 15 is 0 Å². The fourth-order valence-electron chi connectivity index (χ4n) is 2.12. The highest BCUT2D eigenvalue weighted by atomic mass is 16.3. The van der Waals surface area contributed by atoms with Crippen LogP contribution in [0, 0.1) is 0 Å². The zero-order chi connectivity index (χ0) is 15.5. The lowest BCUT2D eigenvalue weighted by Gasteiger charge is -2.20. The van der Waals surface area contributed by atoms with Gasteiger partial charge in [-0.1, -0.05) is 13.8 Å². The van der Waals surface area contributed by atoms with Gasteiger partial charge in [-0.2, -0.15) is 5.10 Å². The van der Waals surface area contributed by atoms with Crippen LogP contribution < -0.4 is 5.32 Å². The van der Waals surface area contributed by atoms with Crippen LogP contribution in [-0.4, -0.2) is 20.3 Å². The van der Waals surface area contributed by atoms with Crippen LogP contribution in [0.3, 0.4) is 0 Å². The molecule has 2 aromatic heterocycles. The van der Waals surface area contributed by atoms with Crippen LogP contribution in [-0.2, 0) is 25.9 Å². The number of hydrogen-bond donors (Lipinski definition) is 1. The molecule has 0 saturated heterocycles. The molecule has 0 bridgehead atoms. The van der Waals surface area contributed by atoms with Crippen molar-refractivity contribution in [2.45, 2.75) is 66.1 Å². The minimum Gasteiger partial charge on any atom is -0.467 e. The fourth-order valence-corrected chi connectivity index (χ4v) is 2.12. The number of rotatable bonds is 6. The van der Waals surface area contributed by atoms with Gasteiger partial charge in [0.05, 0.1) is 6.26 Å². The second kappa shape index (κ2) is 6.43. The molecule has 0 atom stereocenters. The van der Waals surface area contributed by atoms with E-state index in [4.69, 9.17) is 4.42 Å². The number of hydrogen-bond acceptors (Lipinski definition) is 4. The van der Waals surface area contributed by atoms with Crippen molar-refractivity contribution in [3.05, 3.63) is 35.3 Å². The van der Waals surface area contributed by atoms with Gasteiger partial charge in [0.1, 0.15) is 18.1 Å². The van der Waals surface area contributed by atoms with E-state index in [2.05, 4.69) is 50.0 Å². The summed E-state index contributed by atoms with van der Waals surface area (Å²) < 4.78 is 7.60. The summed E-state index contributed by atoms with van der Waals surface area (Å²) in [6.45, 7) is 12.1. The summed E-state index contributed by atoms with van der Waals surface area (Å²) in [5, 5.41) is 8.04. The monoisotopic (exact) mass is 290 g/mol. The molecule has 2 aromatic rings. The number of aryl methyl sites for hydroxylation is 2. The second-order valence-corrected chi connectivity index (χ2v) is 6.28. The Bertz CT molecular complexity index is 577. The Hall–Kier alpha value is -1.62. The van der Waals surface area contributed by atoms with Crippen molar-refractivity contribution >= 4 is 0 Å². The van der Waals surface area contributed by atoms with Crippen LogP contribution >= 0.6 is 0 Å². The summed E-state index contributed by atoms with van der Waals surface area (Å²) in [5.41, 5.74) is 1.27. The maximum atomic E-state index is 5.65. The number of nitrogens with zero attached hydrogens (tertiary/aromatic N) is 3. The highest BCUT2D eigenvalue weighted by Gasteiger charge is 2.15. The predicted molar refractivity (Wildman–Crippen MR) is 83.2 cm³/mol. The molecule has 1 N–H and O–H groups in total. The summed E-state index contributed by atoms with van der Waals surface area (Å²) in [4.78, 5) is 4.54. The third-order valence-electron chi connectivity index (χ3n) is 3.36. The SMILES string of the molecule is CCc1nc(CC)n(Cc2occc2CNC(C)(C)C)n1. The molecule has 0 amide bonds. The van der Waals surface area contributed by atoms with Crippen LogP contribution in [0.15, 0.2) is 16.7 Å². The third-order valence-corrected chi connectivity index (χ3v) is 3.36. The zero-order valence-electron chi connectivity index (χ0n) is 13.7. The van der Waals surface area contributed by atoms with Crippen LogP contribution in [0.25, 0.3) is 0 Å². The Kier molecular flexibility index (Phi) is 4.83. The lowest BCUT2D eigenvalue weighted by molar-refractivity contribution is 0.415. The second-order valence-electron chi connectivity index (χ2n) is 6.28. The van der Waals surface area contributed by atoms with Gasteiger partial charge in [-0.15, -0.1) is 0 Å². The molecular weight excluding hydrogens is 264 g/mol. The summed E-state index contributed by atoms with van der Waals surface area (Å²) in [6, 6.07) is 2.03. The van der Waals surface area contributed by atoms with E-state index in [-0.39, 0.29) is 5.54 Å². The maximum Gasteiger partial charge on any atom is 0.150 e. The molecule has 21 heavy (non-hydrogen) atoms. The Morgan fingerprint density at radius 2 is 2.00 bits per heavy atom. The van der Waals surface area contributed by atoms with Gasteiger partial charge >= 0.3 is 0 Å². The lowest BCUT2D eigenvalue weighted by Crippen LogP contribution is -2.35. The quantitative estimate of drug-likeness (QED) is 0.888. The molecule has 5 heteroatoms. The Balaban J connectivity index is 2.13. The molecule has 0 aliphatic heterocycles. The number of aromatic nitrogens is 3. The van der Waals surface area contributed by atoms with Gasteiger partial charge in [0.2, 0.25) is 0 Å². The van der Waals surface area contributed by atoms with E-state index in [1.807, 2.05) is 10.7 Å². The van der Waals surface area contributed by atoms with Crippen LogP contribution in [0.4, 0.5) is 0 Å². The summed E-state index contributed by atoms with van der Waals surface area (Å²) in [7, 11) is 0. The lowest BCUT2D eigenvalue weighted by atomic mass is 10.1.